The Hall–Kier alpha value is -2.13. The van der Waals surface area contributed by atoms with E-state index < -0.39 is 10.6 Å². The van der Waals surface area contributed by atoms with E-state index in [1.165, 1.54) is 0 Å². The molecule has 3 rings (SSSR count). The molecule has 0 aliphatic heterocycles. The van der Waals surface area contributed by atoms with Gasteiger partial charge in [0, 0.05) is 5.02 Å². The topological polar surface area (TPSA) is 43.1 Å². The number of hydrogen-bond acceptors (Lipinski definition) is 2. The highest BCUT2D eigenvalue weighted by atomic mass is 35.5. The Morgan fingerprint density at radius 1 is 0.633 bits per heavy atom. The average Bonchev–Trinajstić information content (AvgIpc) is 2.72. The van der Waals surface area contributed by atoms with Gasteiger partial charge < -0.3 is 0 Å². The first-order valence-corrected chi connectivity index (χ1v) is 8.79. The number of nitro groups is 1. The largest absolute Gasteiger partial charge is 0.269 e. The Kier molecular flexibility index (Phi) is 6.15. The Labute approximate surface area is 190 Å². The van der Waals surface area contributed by atoms with Crippen LogP contribution in [0.2, 0.25) is 5.02 Å². The summed E-state index contributed by atoms with van der Waals surface area (Å²) in [6.45, 7) is 0. The maximum atomic E-state index is 11.8. The van der Waals surface area contributed by atoms with Crippen molar-refractivity contribution in [2.45, 2.75) is 0 Å². The van der Waals surface area contributed by atoms with Gasteiger partial charge in [0.1, 0.15) is 62.8 Å². The highest BCUT2D eigenvalue weighted by molar-refractivity contribution is 6.69. The van der Waals surface area contributed by atoms with Gasteiger partial charge in [-0.15, -0.1) is 16.4 Å². The van der Waals surface area contributed by atoms with Crippen LogP contribution in [0.15, 0.2) is 24.3 Å². The van der Waals surface area contributed by atoms with Crippen LogP contribution in [0.3, 0.4) is 0 Å². The summed E-state index contributed by atoms with van der Waals surface area (Å²) in [5.41, 5.74) is -0.0861. The second-order valence-electron chi connectivity index (χ2n) is 6.52. The number of halogens is 1. The van der Waals surface area contributed by atoms with E-state index in [-0.39, 0.29) is 65.4 Å². The van der Waals surface area contributed by atoms with Gasteiger partial charge in [-0.1, -0.05) is 57.7 Å². The normalized spacial score (nSPS) is 10.8. The van der Waals surface area contributed by atoms with Crippen molar-refractivity contribution < 1.29 is 4.92 Å². The van der Waals surface area contributed by atoms with Crippen LogP contribution in [0, 0.1) is 10.1 Å². The zero-order chi connectivity index (χ0) is 22.5. The molecule has 0 amide bonds. The molecule has 0 saturated carbocycles. The highest BCUT2D eigenvalue weighted by Gasteiger charge is 2.27. The van der Waals surface area contributed by atoms with Crippen LogP contribution in [0.1, 0.15) is 0 Å². The molecule has 0 unspecified atom stereocenters. The molecule has 0 N–H and O–H groups in total. The minimum atomic E-state index is -0.692. The van der Waals surface area contributed by atoms with Crippen LogP contribution in [-0.4, -0.2) is 67.7 Å². The van der Waals surface area contributed by atoms with Gasteiger partial charge in [-0.2, -0.15) is 0 Å². The molecule has 3 aromatic carbocycles. The lowest BCUT2D eigenvalue weighted by molar-refractivity contribution is -0.382. The maximum Gasteiger partial charge on any atom is 0.269 e. The summed E-state index contributed by atoms with van der Waals surface area (Å²) in [7, 11) is 48.0. The zero-order valence-corrected chi connectivity index (χ0v) is 16.3. The molecule has 0 aliphatic carbocycles. The predicted molar refractivity (Wildman–Crippen MR) is 132 cm³/mol. The smallest absolute Gasteiger partial charge is 0.258 e. The van der Waals surface area contributed by atoms with E-state index in [9.17, 15) is 10.1 Å². The molecule has 3 aromatic rings. The first-order chi connectivity index (χ1) is 14.0. The van der Waals surface area contributed by atoms with E-state index >= 15 is 0 Å². The number of hydrogen-bond donors (Lipinski definition) is 0. The zero-order valence-electron chi connectivity index (χ0n) is 15.6. The predicted octanol–water partition coefficient (Wildman–Crippen LogP) is -4.07. The van der Waals surface area contributed by atoms with E-state index in [1.54, 1.807) is 24.3 Å². The van der Waals surface area contributed by atoms with Gasteiger partial charge in [-0.3, -0.25) is 10.1 Å². The summed E-state index contributed by atoms with van der Waals surface area (Å²) in [6, 6.07) is 6.50. The molecule has 124 valence electrons. The van der Waals surface area contributed by atoms with E-state index in [0.717, 1.165) is 0 Å². The fourth-order valence-electron chi connectivity index (χ4n) is 3.28. The molecule has 16 radical (unpaired) electrons. The van der Waals surface area contributed by atoms with E-state index in [2.05, 4.69) is 0 Å². The van der Waals surface area contributed by atoms with E-state index in [1.807, 2.05) is 0 Å². The van der Waals surface area contributed by atoms with E-state index in [0.29, 0.717) is 5.56 Å². The van der Waals surface area contributed by atoms with Gasteiger partial charge >= 0.3 is 0 Å². The van der Waals surface area contributed by atoms with Gasteiger partial charge in [0.25, 0.3) is 5.69 Å². The van der Waals surface area contributed by atoms with Crippen LogP contribution >= 0.6 is 11.6 Å². The summed E-state index contributed by atoms with van der Waals surface area (Å²) in [4.78, 5) is 11.1. The monoisotopic (exact) mass is 389 g/mol. The Morgan fingerprint density at radius 3 is 1.53 bits per heavy atom. The molecule has 30 heavy (non-hydrogen) atoms. The van der Waals surface area contributed by atoms with Crippen molar-refractivity contribution in [1.82, 2.24) is 0 Å². The number of nitro benzene ring substituents is 1. The van der Waals surface area contributed by atoms with Gasteiger partial charge in [0.15, 0.2) is 0 Å². The summed E-state index contributed by atoms with van der Waals surface area (Å²) in [5, 5.41) is 11.7. The minimum absolute atomic E-state index is 0.0313. The quantitative estimate of drug-likeness (QED) is 0.261. The number of rotatable bonds is 3. The molecule has 0 bridgehead atoms. The van der Waals surface area contributed by atoms with Crippen molar-refractivity contribution in [3.63, 3.8) is 0 Å². The molecular formula is C18H4B8ClNO2. The fourth-order valence-corrected chi connectivity index (χ4v) is 3.48. The molecule has 0 fully saturated rings. The SMILES string of the molecule is [B]c1c([B])c([B])c(-c2ccccc2-c2c([B])c(Cl)c([B])c([B])c2[N+](=O)[O-])c([B])c1[B]. The molecule has 0 saturated heterocycles. The lowest BCUT2D eigenvalue weighted by Crippen LogP contribution is -2.55. The van der Waals surface area contributed by atoms with Crippen molar-refractivity contribution in [2.24, 2.45) is 0 Å². The fraction of sp³-hybridized carbons (Fsp3) is 0. The van der Waals surface area contributed by atoms with Crippen molar-refractivity contribution in [3.05, 3.63) is 39.4 Å². The van der Waals surface area contributed by atoms with Crippen LogP contribution in [0.4, 0.5) is 5.69 Å². The summed E-state index contributed by atoms with van der Waals surface area (Å²) in [6.07, 6.45) is 0. The molecule has 0 aromatic heterocycles. The lowest BCUT2D eigenvalue weighted by atomic mass is 9.59. The molecular weight excluding hydrogens is 384 g/mol. The van der Waals surface area contributed by atoms with Crippen LogP contribution in [0.25, 0.3) is 22.3 Å². The summed E-state index contributed by atoms with van der Waals surface area (Å²) >= 11 is 6.19. The molecule has 0 aliphatic rings. The third-order valence-corrected chi connectivity index (χ3v) is 5.28. The van der Waals surface area contributed by atoms with Crippen molar-refractivity contribution in [3.8, 4) is 22.3 Å². The molecule has 0 heterocycles. The maximum absolute atomic E-state index is 11.8. The molecule has 12 heteroatoms. The van der Waals surface area contributed by atoms with E-state index in [4.69, 9.17) is 74.4 Å². The summed E-state index contributed by atoms with van der Waals surface area (Å²) < 4.78 is 0. The second-order valence-corrected chi connectivity index (χ2v) is 6.90. The number of benzene rings is 3. The Morgan fingerprint density at radius 2 is 1.07 bits per heavy atom. The second kappa shape index (κ2) is 8.19. The highest BCUT2D eigenvalue weighted by Crippen LogP contribution is 2.34. The average molecular weight is 388 g/mol. The molecule has 3 nitrogen and oxygen atoms in total. The molecule has 0 spiro atoms. The van der Waals surface area contributed by atoms with Crippen molar-refractivity contribution in [2.75, 3.05) is 0 Å². The third-order valence-electron chi connectivity index (χ3n) is 4.87. The van der Waals surface area contributed by atoms with Gasteiger partial charge in [0.2, 0.25) is 0 Å². The van der Waals surface area contributed by atoms with Gasteiger partial charge in [-0.05, 0) is 22.2 Å². The van der Waals surface area contributed by atoms with Crippen LogP contribution in [-0.2, 0) is 0 Å². The molecule has 0 atom stereocenters. The van der Waals surface area contributed by atoms with Crippen LogP contribution in [0.5, 0.6) is 0 Å². The number of nitrogens with zero attached hydrogens (tertiary/aromatic N) is 1. The van der Waals surface area contributed by atoms with Crippen LogP contribution < -0.4 is 43.7 Å². The minimum Gasteiger partial charge on any atom is -0.258 e. The Bertz CT molecular complexity index is 1200. The third kappa shape index (κ3) is 3.37. The standard InChI is InChI=1S/C18H4B8ClNO2/c19-9-7(10(20)13(23)14(24)12(9)22)5-3-1-2-4-6(5)8-11(21)17(27)15(25)16(26)18(8)28(29)30/h1-4H. The lowest BCUT2D eigenvalue weighted by Gasteiger charge is -2.24. The first kappa shape index (κ1) is 22.6. The first-order valence-electron chi connectivity index (χ1n) is 8.41. The Balaban J connectivity index is 2.52. The van der Waals surface area contributed by atoms with Gasteiger partial charge in [-0.25, -0.2) is 0 Å². The summed E-state index contributed by atoms with van der Waals surface area (Å²) in [5.74, 6) is 0. The van der Waals surface area contributed by atoms with Gasteiger partial charge in [0.05, 0.1) is 10.5 Å². The van der Waals surface area contributed by atoms with Crippen molar-refractivity contribution in [1.29, 1.82) is 0 Å². The van der Waals surface area contributed by atoms with Crippen molar-refractivity contribution >= 4 is 124 Å².